The van der Waals surface area contributed by atoms with E-state index in [1.807, 2.05) is 59.7 Å². The van der Waals surface area contributed by atoms with Crippen LogP contribution >= 0.6 is 0 Å². The number of ether oxygens (including phenoxy) is 3. The van der Waals surface area contributed by atoms with Gasteiger partial charge in [-0.25, -0.2) is 0 Å². The zero-order valence-electron chi connectivity index (χ0n) is 26.3. The van der Waals surface area contributed by atoms with Crippen LogP contribution in [0.25, 0.3) is 0 Å². The van der Waals surface area contributed by atoms with E-state index in [9.17, 15) is 14.7 Å². The van der Waals surface area contributed by atoms with Gasteiger partial charge in [-0.2, -0.15) is 0 Å². The Hall–Kier alpha value is 0.162. The van der Waals surface area contributed by atoms with Crippen LogP contribution in [0.5, 0.6) is 0 Å². The van der Waals surface area contributed by atoms with Crippen molar-refractivity contribution in [3.05, 3.63) is 11.6 Å². The number of aliphatic hydroxyl groups excluding tert-OH is 1. The van der Waals surface area contributed by atoms with Gasteiger partial charge in [0.15, 0.2) is 12.1 Å². The largest absolute Gasteiger partial charge is 0.462 e. The normalized spacial score (nSPS) is 42.6. The van der Waals surface area contributed by atoms with E-state index in [1.54, 1.807) is 0 Å². The predicted molar refractivity (Wildman–Crippen MR) is 150 cm³/mol. The Balaban J connectivity index is 0.00000760. The first-order valence-electron chi connectivity index (χ1n) is 14.8. The first kappa shape index (κ1) is 37.2. The van der Waals surface area contributed by atoms with Crippen molar-refractivity contribution in [3.63, 3.8) is 0 Å². The van der Waals surface area contributed by atoms with Crippen molar-refractivity contribution >= 4 is 11.8 Å². The van der Waals surface area contributed by atoms with Gasteiger partial charge in [-0.15, -0.1) is 0 Å². The minimum absolute atomic E-state index is 0. The van der Waals surface area contributed by atoms with Crippen molar-refractivity contribution in [2.24, 2.45) is 35.5 Å². The molecule has 39 heavy (non-hydrogen) atoms. The standard InChI is InChI=1S/C31H55NO6.Ac/c1-12-13-26-17(2)14-18(3)27(33)19(4)15-20(5)29(23(8)22(7)24(9)30(35)37-26)38-31-28(34)25(32(10)11)16-21(6)36-31;/h14,17,19-26,28-29,31,34H,12-13,15-16H2,1-11H3;/b18-14+;/t17?,19-,20+,21?,22+,23+,24-,25?,26-,28?,29?,31?;/m1./s1. The van der Waals surface area contributed by atoms with Crippen molar-refractivity contribution < 1.29 is 73.0 Å². The van der Waals surface area contributed by atoms with Crippen molar-refractivity contribution in [1.29, 1.82) is 0 Å². The van der Waals surface area contributed by atoms with Gasteiger partial charge >= 0.3 is 5.97 Å². The van der Waals surface area contributed by atoms with Crippen LogP contribution in [0.1, 0.15) is 88.0 Å². The molecule has 223 valence electrons. The number of likely N-dealkylation sites (N-methyl/N-ethyl adjacent to an activating group) is 1. The number of carbonyl (C=O) groups is 2. The Bertz CT molecular complexity index is 819. The summed E-state index contributed by atoms with van der Waals surface area (Å²) in [6, 6.07) is -0.0787. The average molecular weight is 765 g/mol. The van der Waals surface area contributed by atoms with Gasteiger partial charge < -0.3 is 24.2 Å². The third-order valence-corrected chi connectivity index (χ3v) is 9.14. The molecule has 0 saturated carbocycles. The molecular formula is C31H55AcNO6. The molecule has 0 aromatic heterocycles. The Morgan fingerprint density at radius 2 is 1.64 bits per heavy atom. The maximum absolute atomic E-state index is 13.4. The molecule has 0 aromatic carbocycles. The van der Waals surface area contributed by atoms with E-state index in [1.165, 1.54) is 0 Å². The van der Waals surface area contributed by atoms with Crippen LogP contribution < -0.4 is 0 Å². The van der Waals surface area contributed by atoms with Crippen LogP contribution in [-0.2, 0) is 23.8 Å². The van der Waals surface area contributed by atoms with E-state index in [0.717, 1.165) is 19.3 Å². The summed E-state index contributed by atoms with van der Waals surface area (Å²) in [5, 5.41) is 11.2. The van der Waals surface area contributed by atoms with E-state index in [0.29, 0.717) is 12.0 Å². The predicted octanol–water partition coefficient (Wildman–Crippen LogP) is 5.25. The van der Waals surface area contributed by atoms with E-state index in [-0.39, 0.29) is 116 Å². The molecule has 1 N–H and O–H groups in total. The fourth-order valence-corrected chi connectivity index (χ4v) is 6.30. The molecule has 7 nitrogen and oxygen atoms in total. The summed E-state index contributed by atoms with van der Waals surface area (Å²) in [5.74, 6) is -0.717. The number of rotatable bonds is 5. The molecule has 12 atom stereocenters. The molecule has 2 aliphatic rings. The van der Waals surface area contributed by atoms with Crippen molar-refractivity contribution in [3.8, 4) is 0 Å². The summed E-state index contributed by atoms with van der Waals surface area (Å²) in [6.45, 7) is 18.2. The quantitative estimate of drug-likeness (QED) is 0.384. The summed E-state index contributed by atoms with van der Waals surface area (Å²) in [6.07, 6.45) is 2.76. The zero-order chi connectivity index (χ0) is 28.9. The molecule has 2 rings (SSSR count). The molecule has 0 aliphatic carbocycles. The van der Waals surface area contributed by atoms with Crippen molar-refractivity contribution in [1.82, 2.24) is 4.90 Å². The van der Waals surface area contributed by atoms with Crippen molar-refractivity contribution in [2.45, 2.75) is 125 Å². The molecule has 1 saturated heterocycles. The number of carbonyl (C=O) groups excluding carboxylic acids is 2. The second-order valence-corrected chi connectivity index (χ2v) is 12.6. The fraction of sp³-hybridized carbons (Fsp3) is 0.871. The van der Waals surface area contributed by atoms with Gasteiger partial charge in [-0.3, -0.25) is 9.59 Å². The number of allylic oxidation sites excluding steroid dienone is 1. The molecule has 1 fully saturated rings. The Labute approximate surface area is 273 Å². The molecule has 2 aliphatic heterocycles. The molecule has 2 heterocycles. The number of nitrogens with zero attached hydrogens (tertiary/aromatic N) is 1. The van der Waals surface area contributed by atoms with Gasteiger partial charge in [0.05, 0.1) is 18.1 Å². The van der Waals surface area contributed by atoms with E-state index < -0.39 is 12.4 Å². The van der Waals surface area contributed by atoms with Gasteiger partial charge in [0.2, 0.25) is 0 Å². The minimum atomic E-state index is -0.799. The van der Waals surface area contributed by atoms with Crippen LogP contribution in [-0.4, -0.2) is 72.6 Å². The summed E-state index contributed by atoms with van der Waals surface area (Å²) in [5.41, 5.74) is 0.715. The van der Waals surface area contributed by atoms with Gasteiger partial charge in [-0.1, -0.05) is 61.0 Å². The monoisotopic (exact) mass is 764 g/mol. The number of Topliss-reactive ketones (excluding diaryl/α,β-unsaturated/α-hetero) is 1. The first-order chi connectivity index (χ1) is 17.7. The molecule has 0 spiro atoms. The number of esters is 1. The van der Waals surface area contributed by atoms with Crippen LogP contribution in [0.4, 0.5) is 0 Å². The average Bonchev–Trinajstić information content (AvgIpc) is 2.85. The third-order valence-electron chi connectivity index (χ3n) is 9.14. The number of cyclic esters (lactones) is 1. The van der Waals surface area contributed by atoms with Gasteiger partial charge in [0.1, 0.15) is 12.2 Å². The van der Waals surface area contributed by atoms with Crippen LogP contribution in [0.2, 0.25) is 0 Å². The first-order valence-corrected chi connectivity index (χ1v) is 14.8. The molecule has 0 amide bonds. The fourth-order valence-electron chi connectivity index (χ4n) is 6.30. The van der Waals surface area contributed by atoms with E-state index in [2.05, 4.69) is 27.7 Å². The minimum Gasteiger partial charge on any atom is -0.462 e. The topological polar surface area (TPSA) is 85.3 Å². The SMILES string of the molecule is CCC[C@H]1OC(=O)[C@H](C)[C@@H](C)[C@H](C)C(OC2OC(C)CC(N(C)C)C2O)[C@@H](C)C[C@@H](C)C(=O)/C(C)=C/C1C.[Ac]. The van der Waals surface area contributed by atoms with E-state index >= 15 is 0 Å². The molecule has 8 heteroatoms. The van der Waals surface area contributed by atoms with Crippen molar-refractivity contribution in [2.75, 3.05) is 14.1 Å². The number of hydrogen-bond acceptors (Lipinski definition) is 7. The zero-order valence-corrected chi connectivity index (χ0v) is 31.1. The van der Waals surface area contributed by atoms with Crippen LogP contribution in [0.15, 0.2) is 11.6 Å². The molecular weight excluding hydrogens is 709 g/mol. The maximum atomic E-state index is 13.4. The summed E-state index contributed by atoms with van der Waals surface area (Å²) >= 11 is 0. The summed E-state index contributed by atoms with van der Waals surface area (Å²) < 4.78 is 18.8. The van der Waals surface area contributed by atoms with Gasteiger partial charge in [0.25, 0.3) is 0 Å². The van der Waals surface area contributed by atoms with Gasteiger partial charge in [0, 0.05) is 61.9 Å². The molecule has 0 aromatic rings. The number of hydrogen-bond donors (Lipinski definition) is 1. The Kier molecular flexibility index (Phi) is 15.9. The molecule has 0 bridgehead atoms. The summed E-state index contributed by atoms with van der Waals surface area (Å²) in [4.78, 5) is 28.7. The maximum Gasteiger partial charge on any atom is 0.309 e. The third kappa shape index (κ3) is 9.85. The smallest absolute Gasteiger partial charge is 0.309 e. The summed E-state index contributed by atoms with van der Waals surface area (Å²) in [7, 11) is 3.92. The Morgan fingerprint density at radius 1 is 1.03 bits per heavy atom. The van der Waals surface area contributed by atoms with Crippen LogP contribution in [0.3, 0.4) is 0 Å². The van der Waals surface area contributed by atoms with E-state index in [4.69, 9.17) is 14.2 Å². The number of aliphatic hydroxyl groups is 1. The number of ketones is 1. The van der Waals surface area contributed by atoms with Crippen LogP contribution in [0, 0.1) is 79.6 Å². The Morgan fingerprint density at radius 3 is 2.21 bits per heavy atom. The second kappa shape index (κ2) is 16.7. The molecule has 6 unspecified atom stereocenters. The van der Waals surface area contributed by atoms with Gasteiger partial charge in [-0.05, 0) is 70.5 Å². The second-order valence-electron chi connectivity index (χ2n) is 12.6. The molecule has 1 radical (unpaired) electrons.